The molecule has 0 fully saturated rings. The molecule has 0 aromatic heterocycles. The Bertz CT molecular complexity index is 1180. The third kappa shape index (κ3) is 6.97. The van der Waals surface area contributed by atoms with Crippen molar-refractivity contribution in [1.29, 1.82) is 0 Å². The molecule has 0 unspecified atom stereocenters. The van der Waals surface area contributed by atoms with E-state index in [2.05, 4.69) is 12.2 Å². The van der Waals surface area contributed by atoms with Gasteiger partial charge in [0, 0.05) is 10.6 Å². The number of carbonyl (C=O) groups is 1. The Labute approximate surface area is 200 Å². The largest absolute Gasteiger partial charge is 0.492 e. The molecule has 33 heavy (non-hydrogen) atoms. The first-order valence-corrected chi connectivity index (χ1v) is 12.8. The van der Waals surface area contributed by atoms with Gasteiger partial charge in [0.1, 0.15) is 12.4 Å². The van der Waals surface area contributed by atoms with Crippen LogP contribution in [0.1, 0.15) is 28.4 Å². The van der Waals surface area contributed by atoms with Crippen molar-refractivity contribution in [2.45, 2.75) is 19.9 Å². The molecule has 8 heteroatoms. The first-order valence-electron chi connectivity index (χ1n) is 10.6. The molecule has 0 spiro atoms. The number of nitrogens with zero attached hydrogens (tertiary/aromatic N) is 1. The number of halogens is 1. The molecule has 0 aliphatic rings. The van der Waals surface area contributed by atoms with Crippen LogP contribution in [0.15, 0.2) is 72.8 Å². The van der Waals surface area contributed by atoms with Gasteiger partial charge in [0.2, 0.25) is 10.0 Å². The molecule has 3 aromatic carbocycles. The number of hydrogen-bond donors (Lipinski definition) is 1. The molecule has 0 aliphatic carbocycles. The van der Waals surface area contributed by atoms with Crippen molar-refractivity contribution in [2.75, 3.05) is 23.7 Å². The second-order valence-corrected chi connectivity index (χ2v) is 9.82. The summed E-state index contributed by atoms with van der Waals surface area (Å²) in [5.41, 5.74) is 2.81. The molecule has 1 N–H and O–H groups in total. The monoisotopic (exact) mass is 486 g/mol. The minimum atomic E-state index is -3.56. The van der Waals surface area contributed by atoms with Crippen molar-refractivity contribution in [3.05, 3.63) is 94.5 Å². The highest BCUT2D eigenvalue weighted by atomic mass is 35.5. The Morgan fingerprint density at radius 1 is 1.00 bits per heavy atom. The number of sulfonamides is 1. The van der Waals surface area contributed by atoms with Gasteiger partial charge < -0.3 is 10.1 Å². The van der Waals surface area contributed by atoms with E-state index in [1.54, 1.807) is 48.5 Å². The van der Waals surface area contributed by atoms with Crippen LogP contribution in [0.2, 0.25) is 5.02 Å². The van der Waals surface area contributed by atoms with Crippen molar-refractivity contribution in [3.8, 4) is 5.75 Å². The van der Waals surface area contributed by atoms with Crippen LogP contribution >= 0.6 is 11.6 Å². The number of rotatable bonds is 10. The Morgan fingerprint density at radius 3 is 2.27 bits per heavy atom. The quantitative estimate of drug-likeness (QED) is 0.422. The molecule has 174 valence electrons. The number of amides is 1. The van der Waals surface area contributed by atoms with Gasteiger partial charge in [-0.25, -0.2) is 8.42 Å². The summed E-state index contributed by atoms with van der Waals surface area (Å²) in [6.07, 6.45) is 2.11. The number of hydrogen-bond acceptors (Lipinski definition) is 4. The smallest absolute Gasteiger partial charge is 0.251 e. The fraction of sp³-hybridized carbons (Fsp3) is 0.240. The van der Waals surface area contributed by atoms with Gasteiger partial charge in [-0.2, -0.15) is 0 Å². The van der Waals surface area contributed by atoms with E-state index in [1.165, 1.54) is 9.87 Å². The fourth-order valence-corrected chi connectivity index (χ4v) is 4.29. The molecule has 0 atom stereocenters. The summed E-state index contributed by atoms with van der Waals surface area (Å²) in [7, 11) is -3.56. The number of anilines is 1. The van der Waals surface area contributed by atoms with E-state index < -0.39 is 10.0 Å². The average molecular weight is 487 g/mol. The number of benzene rings is 3. The molecular weight excluding hydrogens is 460 g/mol. The second-order valence-electron chi connectivity index (χ2n) is 7.51. The van der Waals surface area contributed by atoms with E-state index >= 15 is 0 Å². The van der Waals surface area contributed by atoms with Crippen LogP contribution in [0.3, 0.4) is 0 Å². The van der Waals surface area contributed by atoms with Crippen LogP contribution in [0.25, 0.3) is 0 Å². The van der Waals surface area contributed by atoms with Crippen LogP contribution in [0, 0.1) is 0 Å². The normalized spacial score (nSPS) is 11.1. The Kier molecular flexibility index (Phi) is 8.36. The molecular formula is C25H27ClN2O4S. The maximum atomic E-state index is 12.4. The molecule has 3 rings (SSSR count). The maximum Gasteiger partial charge on any atom is 0.251 e. The lowest BCUT2D eigenvalue weighted by Crippen LogP contribution is -2.30. The lowest BCUT2D eigenvalue weighted by atomic mass is 10.1. The van der Waals surface area contributed by atoms with Gasteiger partial charge in [0.05, 0.1) is 25.0 Å². The predicted octanol–water partition coefficient (Wildman–Crippen LogP) is 4.68. The number of carbonyl (C=O) groups excluding carboxylic acids is 1. The van der Waals surface area contributed by atoms with Crippen molar-refractivity contribution in [2.24, 2.45) is 0 Å². The minimum Gasteiger partial charge on any atom is -0.492 e. The van der Waals surface area contributed by atoms with Gasteiger partial charge in [0.15, 0.2) is 0 Å². The Morgan fingerprint density at radius 2 is 1.67 bits per heavy atom. The highest BCUT2D eigenvalue weighted by Crippen LogP contribution is 2.24. The number of ether oxygens (including phenoxy) is 1. The zero-order valence-corrected chi connectivity index (χ0v) is 20.2. The summed E-state index contributed by atoms with van der Waals surface area (Å²) in [6, 6.07) is 21.4. The topological polar surface area (TPSA) is 75.7 Å². The summed E-state index contributed by atoms with van der Waals surface area (Å²) >= 11 is 6.20. The summed E-state index contributed by atoms with van der Waals surface area (Å²) in [6.45, 7) is 2.88. The molecule has 0 bridgehead atoms. The molecule has 0 saturated heterocycles. The zero-order chi connectivity index (χ0) is 23.8. The first kappa shape index (κ1) is 24.6. The van der Waals surface area contributed by atoms with Gasteiger partial charge >= 0.3 is 0 Å². The highest BCUT2D eigenvalue weighted by Gasteiger charge is 2.19. The SMILES string of the molecule is CCc1ccc(OCCNC(=O)c2ccc(N(Cc3ccccc3Cl)S(C)(=O)=O)cc2)cc1. The van der Waals surface area contributed by atoms with Gasteiger partial charge in [-0.1, -0.05) is 48.9 Å². The summed E-state index contributed by atoms with van der Waals surface area (Å²) in [5, 5.41) is 3.30. The van der Waals surface area contributed by atoms with E-state index in [4.69, 9.17) is 16.3 Å². The lowest BCUT2D eigenvalue weighted by Gasteiger charge is -2.23. The zero-order valence-electron chi connectivity index (χ0n) is 18.6. The molecule has 0 heterocycles. The molecule has 0 radical (unpaired) electrons. The summed E-state index contributed by atoms with van der Waals surface area (Å²) in [4.78, 5) is 12.4. The van der Waals surface area contributed by atoms with Crippen LogP contribution in [-0.4, -0.2) is 33.7 Å². The van der Waals surface area contributed by atoms with Crippen molar-refractivity contribution in [1.82, 2.24) is 5.32 Å². The maximum absolute atomic E-state index is 12.4. The standard InChI is InChI=1S/C25H27ClN2O4S/c1-3-19-8-14-23(15-9-19)32-17-16-27-25(29)20-10-12-22(13-11-20)28(33(2,30)31)18-21-6-4-5-7-24(21)26/h4-15H,3,16-18H2,1-2H3,(H,27,29). The van der Waals surface area contributed by atoms with E-state index in [1.807, 2.05) is 24.3 Å². The van der Waals surface area contributed by atoms with Crippen LogP contribution in [-0.2, 0) is 23.0 Å². The lowest BCUT2D eigenvalue weighted by molar-refractivity contribution is 0.0947. The van der Waals surface area contributed by atoms with E-state index in [-0.39, 0.29) is 12.5 Å². The third-order valence-electron chi connectivity index (χ3n) is 5.08. The predicted molar refractivity (Wildman–Crippen MR) is 133 cm³/mol. The summed E-state index contributed by atoms with van der Waals surface area (Å²) < 4.78 is 31.7. The van der Waals surface area contributed by atoms with Crippen molar-refractivity contribution < 1.29 is 17.9 Å². The molecule has 1 amide bonds. The molecule has 3 aromatic rings. The molecule has 6 nitrogen and oxygen atoms in total. The van der Waals surface area contributed by atoms with Gasteiger partial charge in [-0.05, 0) is 60.0 Å². The minimum absolute atomic E-state index is 0.0978. The summed E-state index contributed by atoms with van der Waals surface area (Å²) in [5.74, 6) is 0.494. The highest BCUT2D eigenvalue weighted by molar-refractivity contribution is 7.92. The van der Waals surface area contributed by atoms with Crippen LogP contribution < -0.4 is 14.4 Å². The van der Waals surface area contributed by atoms with Gasteiger partial charge in [-0.15, -0.1) is 0 Å². The fourth-order valence-electron chi connectivity index (χ4n) is 3.22. The van der Waals surface area contributed by atoms with Crippen molar-refractivity contribution in [3.63, 3.8) is 0 Å². The second kappa shape index (κ2) is 11.2. The molecule has 0 saturated carbocycles. The molecule has 0 aliphatic heterocycles. The van der Waals surface area contributed by atoms with Crippen LogP contribution in [0.5, 0.6) is 5.75 Å². The Hall–Kier alpha value is -3.03. The first-order chi connectivity index (χ1) is 15.8. The van der Waals surface area contributed by atoms with E-state index in [9.17, 15) is 13.2 Å². The number of aryl methyl sites for hydroxylation is 1. The van der Waals surface area contributed by atoms with Gasteiger partial charge in [-0.3, -0.25) is 9.10 Å². The third-order valence-corrected chi connectivity index (χ3v) is 6.59. The Balaban J connectivity index is 1.59. The van der Waals surface area contributed by atoms with Crippen molar-refractivity contribution >= 4 is 33.2 Å². The van der Waals surface area contributed by atoms with E-state index in [0.29, 0.717) is 35.0 Å². The average Bonchev–Trinajstić information content (AvgIpc) is 2.81. The number of nitrogens with one attached hydrogen (secondary N) is 1. The van der Waals surface area contributed by atoms with Gasteiger partial charge in [0.25, 0.3) is 5.91 Å². The van der Waals surface area contributed by atoms with E-state index in [0.717, 1.165) is 18.4 Å². The van der Waals surface area contributed by atoms with Crippen LogP contribution in [0.4, 0.5) is 5.69 Å².